The lowest BCUT2D eigenvalue weighted by Crippen LogP contribution is -2.54. The van der Waals surface area contributed by atoms with Crippen LogP contribution < -0.4 is 5.73 Å². The van der Waals surface area contributed by atoms with Gasteiger partial charge in [0.25, 0.3) is 0 Å². The van der Waals surface area contributed by atoms with E-state index in [2.05, 4.69) is 19.3 Å². The molecule has 0 radical (unpaired) electrons. The maximum Gasteiger partial charge on any atom is 0.224 e. The summed E-state index contributed by atoms with van der Waals surface area (Å²) in [5, 5.41) is 0. The molecule has 4 rings (SSSR count). The van der Waals surface area contributed by atoms with Gasteiger partial charge in [-0.15, -0.1) is 0 Å². The van der Waals surface area contributed by atoms with Gasteiger partial charge in [0.2, 0.25) is 5.91 Å². The van der Waals surface area contributed by atoms with Gasteiger partial charge in [-0.2, -0.15) is 0 Å². The first kappa shape index (κ1) is 18.1. The van der Waals surface area contributed by atoms with Crippen molar-refractivity contribution in [3.8, 4) is 0 Å². The van der Waals surface area contributed by atoms with Crippen LogP contribution in [0.25, 0.3) is 11.2 Å². The largest absolute Gasteiger partial charge is 0.382 e. The summed E-state index contributed by atoms with van der Waals surface area (Å²) < 4.78 is 18.9. The number of nitrogens with two attached hydrogens (primary N) is 1. The van der Waals surface area contributed by atoms with Crippen LogP contribution in [0.4, 0.5) is 5.82 Å². The Morgan fingerprint density at radius 2 is 2.15 bits per heavy atom. The maximum absolute atomic E-state index is 13.0. The molecule has 4 heterocycles. The average Bonchev–Trinajstić information content (AvgIpc) is 3.25. The number of nitrogens with zero attached hydrogens (tertiary/aromatic N) is 6. The topological polar surface area (TPSA) is 119 Å². The zero-order chi connectivity index (χ0) is 19.1. The molecule has 1 spiro atoms. The average molecular weight is 392 g/mol. The van der Waals surface area contributed by atoms with Crippen LogP contribution in [0.5, 0.6) is 0 Å². The number of fused-ring (bicyclic) bond motifs is 1. The van der Waals surface area contributed by atoms with E-state index >= 15 is 0 Å². The zero-order valence-corrected chi connectivity index (χ0v) is 16.3. The first-order valence-corrected chi connectivity index (χ1v) is 11.1. The minimum atomic E-state index is -2.19. The van der Waals surface area contributed by atoms with Crippen LogP contribution in [0.2, 0.25) is 0 Å². The molecule has 0 aliphatic carbocycles. The third-order valence-electron chi connectivity index (χ3n) is 5.83. The Balaban J connectivity index is 1.50. The maximum atomic E-state index is 13.0. The molecule has 146 valence electrons. The van der Waals surface area contributed by atoms with E-state index in [1.54, 1.807) is 13.4 Å². The Bertz CT molecular complexity index is 994. The second-order valence-corrected chi connectivity index (χ2v) is 10.0. The van der Waals surface area contributed by atoms with Crippen molar-refractivity contribution in [2.24, 2.45) is 4.36 Å². The fourth-order valence-corrected chi connectivity index (χ4v) is 6.83. The molecule has 2 aliphatic rings. The molecule has 2 atom stereocenters. The highest BCUT2D eigenvalue weighted by Gasteiger charge is 2.47. The number of aryl methyl sites for hydroxylation is 1. The van der Waals surface area contributed by atoms with Gasteiger partial charge >= 0.3 is 0 Å². The number of hydrogen-bond donors (Lipinski definition) is 1. The summed E-state index contributed by atoms with van der Waals surface area (Å²) in [6, 6.07) is 0. The summed E-state index contributed by atoms with van der Waals surface area (Å²) in [6.07, 6.45) is 7.06. The number of rotatable bonds is 3. The van der Waals surface area contributed by atoms with Crippen molar-refractivity contribution >= 4 is 32.6 Å². The first-order valence-electron chi connectivity index (χ1n) is 9.29. The number of aromatic nitrogens is 4. The van der Waals surface area contributed by atoms with E-state index in [9.17, 15) is 9.00 Å². The number of likely N-dealkylation sites (tertiary alicyclic amines) is 1. The lowest BCUT2D eigenvalue weighted by molar-refractivity contribution is -0.135. The molecular weight excluding hydrogens is 366 g/mol. The molecule has 1 amide bonds. The van der Waals surface area contributed by atoms with E-state index in [4.69, 9.17) is 5.73 Å². The van der Waals surface area contributed by atoms with Gasteiger partial charge in [0.1, 0.15) is 11.8 Å². The number of hydrogen-bond acceptors (Lipinski definition) is 7. The van der Waals surface area contributed by atoms with Crippen LogP contribution in [0.3, 0.4) is 0 Å². The Kier molecular flexibility index (Phi) is 4.53. The predicted molar refractivity (Wildman–Crippen MR) is 103 cm³/mol. The molecule has 2 aromatic heterocycles. The van der Waals surface area contributed by atoms with Gasteiger partial charge in [0.05, 0.1) is 17.6 Å². The summed E-state index contributed by atoms with van der Waals surface area (Å²) in [6.45, 7) is 1.21. The van der Waals surface area contributed by atoms with Gasteiger partial charge in [-0.3, -0.25) is 4.79 Å². The van der Waals surface area contributed by atoms with E-state index in [-0.39, 0.29) is 11.4 Å². The van der Waals surface area contributed by atoms with Crippen LogP contribution in [-0.2, 0) is 21.1 Å². The van der Waals surface area contributed by atoms with Crippen molar-refractivity contribution < 1.29 is 9.00 Å². The third-order valence-corrected chi connectivity index (χ3v) is 8.41. The zero-order valence-electron chi connectivity index (χ0n) is 15.5. The van der Waals surface area contributed by atoms with Gasteiger partial charge in [-0.25, -0.2) is 23.5 Å². The Morgan fingerprint density at radius 3 is 2.96 bits per heavy atom. The SMILES string of the molecule is CN=S1(=O)CCCC2(CCCN2C(=O)CCn2cnc3c(N)ncnc32)C1. The molecule has 2 aromatic rings. The first-order chi connectivity index (χ1) is 13.0. The van der Waals surface area contributed by atoms with Crippen LogP contribution in [-0.4, -0.2) is 65.2 Å². The van der Waals surface area contributed by atoms with E-state index in [1.165, 1.54) is 6.33 Å². The highest BCUT2D eigenvalue weighted by atomic mass is 32.2. The summed E-state index contributed by atoms with van der Waals surface area (Å²) >= 11 is 0. The third kappa shape index (κ3) is 3.15. The van der Waals surface area contributed by atoms with Crippen molar-refractivity contribution in [2.75, 3.05) is 30.8 Å². The fraction of sp³-hybridized carbons (Fsp3) is 0.647. The molecule has 2 fully saturated rings. The fourth-order valence-electron chi connectivity index (χ4n) is 4.50. The molecule has 0 aromatic carbocycles. The number of imidazole rings is 1. The molecule has 0 saturated carbocycles. The van der Waals surface area contributed by atoms with E-state index < -0.39 is 9.73 Å². The molecule has 27 heavy (non-hydrogen) atoms. The molecule has 0 bridgehead atoms. The lowest BCUT2D eigenvalue weighted by atomic mass is 9.92. The summed E-state index contributed by atoms with van der Waals surface area (Å²) in [7, 11) is -0.554. The molecule has 2 unspecified atom stereocenters. The normalized spacial score (nSPS) is 28.1. The van der Waals surface area contributed by atoms with Crippen LogP contribution in [0, 0.1) is 0 Å². The highest BCUT2D eigenvalue weighted by molar-refractivity contribution is 7.93. The van der Waals surface area contributed by atoms with Crippen molar-refractivity contribution in [1.82, 2.24) is 24.4 Å². The number of carbonyl (C=O) groups excluding carboxylic acids is 1. The standard InChI is InChI=1S/C17H25N7O2S/c1-19-27(26)9-3-6-17(10-27)5-2-7-24(17)13(25)4-8-23-12-22-14-15(18)20-11-21-16(14)23/h11-12H,2-10H2,1H3,(H2,18,20,21). The Morgan fingerprint density at radius 1 is 1.33 bits per heavy atom. The van der Waals surface area contributed by atoms with E-state index in [1.807, 2.05) is 9.47 Å². The number of anilines is 1. The number of carbonyl (C=O) groups is 1. The summed E-state index contributed by atoms with van der Waals surface area (Å²) in [4.78, 5) is 27.4. The molecule has 2 aliphatic heterocycles. The molecular formula is C17H25N7O2S. The summed E-state index contributed by atoms with van der Waals surface area (Å²) in [5.74, 6) is 1.59. The lowest BCUT2D eigenvalue weighted by Gasteiger charge is -2.42. The summed E-state index contributed by atoms with van der Waals surface area (Å²) in [5.41, 5.74) is 6.73. The van der Waals surface area contributed by atoms with Crippen LogP contribution >= 0.6 is 0 Å². The van der Waals surface area contributed by atoms with E-state index in [0.29, 0.717) is 41.5 Å². The van der Waals surface area contributed by atoms with Gasteiger partial charge in [-0.05, 0) is 25.7 Å². The van der Waals surface area contributed by atoms with Crippen molar-refractivity contribution in [3.05, 3.63) is 12.7 Å². The van der Waals surface area contributed by atoms with Crippen molar-refractivity contribution in [3.63, 3.8) is 0 Å². The quantitative estimate of drug-likeness (QED) is 0.835. The predicted octanol–water partition coefficient (Wildman–Crippen LogP) is 1.05. The Labute approximate surface area is 158 Å². The Hall–Kier alpha value is -2.23. The molecule has 2 N–H and O–H groups in total. The molecule has 10 heteroatoms. The molecule has 2 saturated heterocycles. The monoisotopic (exact) mass is 391 g/mol. The van der Waals surface area contributed by atoms with E-state index in [0.717, 1.165) is 32.2 Å². The van der Waals surface area contributed by atoms with Gasteiger partial charge < -0.3 is 15.2 Å². The van der Waals surface area contributed by atoms with Crippen LogP contribution in [0.15, 0.2) is 17.0 Å². The molecule has 9 nitrogen and oxygen atoms in total. The van der Waals surface area contributed by atoms with Crippen molar-refractivity contribution in [2.45, 2.75) is 44.2 Å². The second-order valence-electron chi connectivity index (χ2n) is 7.40. The minimum Gasteiger partial charge on any atom is -0.382 e. The number of nitrogen functional groups attached to an aromatic ring is 1. The smallest absolute Gasteiger partial charge is 0.224 e. The van der Waals surface area contributed by atoms with Gasteiger partial charge in [0, 0.05) is 42.0 Å². The second kappa shape index (κ2) is 6.74. The number of amides is 1. The minimum absolute atomic E-state index is 0.0936. The highest BCUT2D eigenvalue weighted by Crippen LogP contribution is 2.39. The van der Waals surface area contributed by atoms with Gasteiger partial charge in [-0.1, -0.05) is 0 Å². The van der Waals surface area contributed by atoms with Crippen molar-refractivity contribution in [1.29, 1.82) is 0 Å². The van der Waals surface area contributed by atoms with Gasteiger partial charge in [0.15, 0.2) is 11.5 Å². The van der Waals surface area contributed by atoms with Crippen LogP contribution in [0.1, 0.15) is 32.1 Å².